The summed E-state index contributed by atoms with van der Waals surface area (Å²) < 4.78 is 16.0. The quantitative estimate of drug-likeness (QED) is 0.539. The van der Waals surface area contributed by atoms with Crippen molar-refractivity contribution in [3.05, 3.63) is 53.9 Å². The monoisotopic (exact) mass is 450 g/mol. The standard InChI is InChI=1S/C25H30N4O4/c1-17-7-10-20(11-8-17)29-13-5-6-19(15-29)25(30)28(2)16-23-26-24(27-33-23)18-9-12-21(31-3)22(14-18)32-4/h7-12,14,19H,5-6,13,15-16H2,1-4H3/t19-/m0/s1. The smallest absolute Gasteiger partial charge is 0.246 e. The van der Waals surface area contributed by atoms with Crippen molar-refractivity contribution in [1.29, 1.82) is 0 Å². The lowest BCUT2D eigenvalue weighted by Crippen LogP contribution is -2.43. The first-order valence-electron chi connectivity index (χ1n) is 11.1. The van der Waals surface area contributed by atoms with Crippen LogP contribution in [0.2, 0.25) is 0 Å². The fraction of sp³-hybridized carbons (Fsp3) is 0.400. The summed E-state index contributed by atoms with van der Waals surface area (Å²) in [6.07, 6.45) is 1.87. The van der Waals surface area contributed by atoms with Crippen LogP contribution in [0.25, 0.3) is 11.4 Å². The van der Waals surface area contributed by atoms with E-state index in [4.69, 9.17) is 14.0 Å². The van der Waals surface area contributed by atoms with Crippen molar-refractivity contribution in [1.82, 2.24) is 15.0 Å². The molecule has 0 saturated carbocycles. The van der Waals surface area contributed by atoms with Crippen LogP contribution >= 0.6 is 0 Å². The van der Waals surface area contributed by atoms with E-state index >= 15 is 0 Å². The van der Waals surface area contributed by atoms with Gasteiger partial charge in [0.2, 0.25) is 17.6 Å². The number of piperidine rings is 1. The van der Waals surface area contributed by atoms with Crippen LogP contribution < -0.4 is 14.4 Å². The molecule has 1 aromatic heterocycles. The van der Waals surface area contributed by atoms with Crippen molar-refractivity contribution in [2.24, 2.45) is 5.92 Å². The van der Waals surface area contributed by atoms with Crippen LogP contribution in [-0.2, 0) is 11.3 Å². The van der Waals surface area contributed by atoms with E-state index in [0.29, 0.717) is 29.8 Å². The van der Waals surface area contributed by atoms with Gasteiger partial charge in [-0.25, -0.2) is 0 Å². The normalized spacial score (nSPS) is 15.9. The lowest BCUT2D eigenvalue weighted by Gasteiger charge is -2.35. The van der Waals surface area contributed by atoms with Crippen LogP contribution in [-0.4, -0.2) is 55.3 Å². The zero-order chi connectivity index (χ0) is 23.4. The van der Waals surface area contributed by atoms with Gasteiger partial charge in [-0.1, -0.05) is 22.9 Å². The number of anilines is 1. The van der Waals surface area contributed by atoms with Crippen molar-refractivity contribution in [2.75, 3.05) is 39.3 Å². The summed E-state index contributed by atoms with van der Waals surface area (Å²) in [5.74, 6) is 2.08. The predicted octanol–water partition coefficient (Wildman–Crippen LogP) is 3.94. The van der Waals surface area contributed by atoms with Gasteiger partial charge < -0.3 is 23.8 Å². The largest absolute Gasteiger partial charge is 0.493 e. The van der Waals surface area contributed by atoms with Crippen molar-refractivity contribution in [3.63, 3.8) is 0 Å². The predicted molar refractivity (Wildman–Crippen MR) is 125 cm³/mol. The number of benzene rings is 2. The molecule has 4 rings (SSSR count). The Morgan fingerprint density at radius 2 is 1.91 bits per heavy atom. The molecule has 8 nitrogen and oxygen atoms in total. The van der Waals surface area contributed by atoms with E-state index in [0.717, 1.165) is 30.6 Å². The van der Waals surface area contributed by atoms with Crippen LogP contribution in [0.3, 0.4) is 0 Å². The van der Waals surface area contributed by atoms with Crippen LogP contribution in [0, 0.1) is 12.8 Å². The minimum atomic E-state index is -0.0571. The molecular formula is C25H30N4O4. The molecular weight excluding hydrogens is 420 g/mol. The third-order valence-corrected chi connectivity index (χ3v) is 6.03. The summed E-state index contributed by atoms with van der Waals surface area (Å²) in [6.45, 7) is 4.03. The highest BCUT2D eigenvalue weighted by molar-refractivity contribution is 5.79. The maximum atomic E-state index is 13.1. The van der Waals surface area contributed by atoms with Crippen molar-refractivity contribution < 1.29 is 18.8 Å². The Balaban J connectivity index is 1.40. The summed E-state index contributed by atoms with van der Waals surface area (Å²) in [7, 11) is 4.95. The van der Waals surface area contributed by atoms with Crippen molar-refractivity contribution >= 4 is 11.6 Å². The first-order chi connectivity index (χ1) is 16.0. The molecule has 0 spiro atoms. The summed E-state index contributed by atoms with van der Waals surface area (Å²) in [6, 6.07) is 13.9. The van der Waals surface area contributed by atoms with Crippen LogP contribution in [0.5, 0.6) is 11.5 Å². The second-order valence-corrected chi connectivity index (χ2v) is 8.40. The van der Waals surface area contributed by atoms with Gasteiger partial charge in [0.25, 0.3) is 0 Å². The van der Waals surface area contributed by atoms with E-state index in [9.17, 15) is 4.79 Å². The van der Waals surface area contributed by atoms with E-state index in [1.807, 2.05) is 6.07 Å². The highest BCUT2D eigenvalue weighted by Gasteiger charge is 2.29. The van der Waals surface area contributed by atoms with Crippen LogP contribution in [0.4, 0.5) is 5.69 Å². The second-order valence-electron chi connectivity index (χ2n) is 8.40. The average Bonchev–Trinajstić information content (AvgIpc) is 3.32. The van der Waals surface area contributed by atoms with Crippen LogP contribution in [0.15, 0.2) is 47.0 Å². The molecule has 8 heteroatoms. The van der Waals surface area contributed by atoms with E-state index in [-0.39, 0.29) is 18.4 Å². The summed E-state index contributed by atoms with van der Waals surface area (Å²) in [5, 5.41) is 4.07. The number of nitrogens with zero attached hydrogens (tertiary/aromatic N) is 4. The highest BCUT2D eigenvalue weighted by atomic mass is 16.5. The Morgan fingerprint density at radius 3 is 2.64 bits per heavy atom. The molecule has 3 aromatic rings. The molecule has 1 atom stereocenters. The molecule has 0 radical (unpaired) electrons. The average molecular weight is 451 g/mol. The first kappa shape index (κ1) is 22.6. The SMILES string of the molecule is COc1ccc(-c2noc(CN(C)C(=O)[C@H]3CCCN(c4ccc(C)cc4)C3)n2)cc1OC. The Hall–Kier alpha value is -3.55. The number of carbonyl (C=O) groups is 1. The molecule has 33 heavy (non-hydrogen) atoms. The van der Waals surface area contributed by atoms with E-state index < -0.39 is 0 Å². The Bertz CT molecular complexity index is 1100. The zero-order valence-corrected chi connectivity index (χ0v) is 19.6. The lowest BCUT2D eigenvalue weighted by molar-refractivity contribution is -0.135. The number of aromatic nitrogens is 2. The third-order valence-electron chi connectivity index (χ3n) is 6.03. The van der Waals surface area contributed by atoms with Crippen molar-refractivity contribution in [3.8, 4) is 22.9 Å². The Morgan fingerprint density at radius 1 is 1.15 bits per heavy atom. The summed E-state index contributed by atoms with van der Waals surface area (Å²) in [4.78, 5) is 21.6. The van der Waals surface area contributed by atoms with Gasteiger partial charge >= 0.3 is 0 Å². The minimum absolute atomic E-state index is 0.0571. The molecule has 2 aromatic carbocycles. The second kappa shape index (κ2) is 9.94. The number of aryl methyl sites for hydroxylation is 1. The van der Waals surface area contributed by atoms with Crippen molar-refractivity contribution in [2.45, 2.75) is 26.3 Å². The fourth-order valence-electron chi connectivity index (χ4n) is 4.17. The third kappa shape index (κ3) is 5.10. The first-order valence-corrected chi connectivity index (χ1v) is 11.1. The van der Waals surface area contributed by atoms with E-state index in [1.165, 1.54) is 5.56 Å². The Kier molecular flexibility index (Phi) is 6.82. The molecule has 0 N–H and O–H groups in total. The maximum Gasteiger partial charge on any atom is 0.246 e. The molecule has 1 amide bonds. The molecule has 1 aliphatic rings. The van der Waals surface area contributed by atoms with Gasteiger partial charge in [-0.2, -0.15) is 4.98 Å². The number of carbonyl (C=O) groups excluding carboxylic acids is 1. The highest BCUT2D eigenvalue weighted by Crippen LogP contribution is 2.31. The maximum absolute atomic E-state index is 13.1. The zero-order valence-electron chi connectivity index (χ0n) is 19.6. The molecule has 0 aliphatic carbocycles. The molecule has 174 valence electrons. The fourth-order valence-corrected chi connectivity index (χ4v) is 4.17. The number of methoxy groups -OCH3 is 2. The number of hydrogen-bond acceptors (Lipinski definition) is 7. The molecule has 1 aliphatic heterocycles. The molecule has 0 bridgehead atoms. The Labute approximate surface area is 194 Å². The van der Waals surface area contributed by atoms with Gasteiger partial charge in [-0.15, -0.1) is 0 Å². The van der Waals surface area contributed by atoms with Gasteiger partial charge in [0.15, 0.2) is 11.5 Å². The molecule has 1 saturated heterocycles. The number of rotatable bonds is 7. The van der Waals surface area contributed by atoms with Gasteiger partial charge in [0.1, 0.15) is 0 Å². The van der Waals surface area contributed by atoms with Gasteiger partial charge in [0, 0.05) is 31.4 Å². The topological polar surface area (TPSA) is 80.9 Å². The van der Waals surface area contributed by atoms with Crippen LogP contribution in [0.1, 0.15) is 24.3 Å². The van der Waals surface area contributed by atoms with Gasteiger partial charge in [-0.3, -0.25) is 4.79 Å². The molecule has 0 unspecified atom stereocenters. The van der Waals surface area contributed by atoms with Gasteiger partial charge in [-0.05, 0) is 50.1 Å². The lowest BCUT2D eigenvalue weighted by atomic mass is 9.96. The number of amides is 1. The molecule has 1 fully saturated rings. The number of ether oxygens (including phenoxy) is 2. The number of hydrogen-bond donors (Lipinski definition) is 0. The molecule has 2 heterocycles. The van der Waals surface area contributed by atoms with Gasteiger partial charge in [0.05, 0.1) is 26.7 Å². The summed E-state index contributed by atoms with van der Waals surface area (Å²) >= 11 is 0. The summed E-state index contributed by atoms with van der Waals surface area (Å²) in [5.41, 5.74) is 3.14. The van der Waals surface area contributed by atoms with E-state index in [1.54, 1.807) is 38.3 Å². The minimum Gasteiger partial charge on any atom is -0.493 e. The van der Waals surface area contributed by atoms with E-state index in [2.05, 4.69) is 46.2 Å².